The van der Waals surface area contributed by atoms with Gasteiger partial charge >= 0.3 is 0 Å². The summed E-state index contributed by atoms with van der Waals surface area (Å²) in [5.74, 6) is 0.647. The van der Waals surface area contributed by atoms with E-state index in [1.165, 1.54) is 0 Å². The number of nitriles is 1. The van der Waals surface area contributed by atoms with Crippen LogP contribution in [-0.2, 0) is 6.54 Å². The van der Waals surface area contributed by atoms with Crippen molar-refractivity contribution in [1.29, 1.82) is 5.26 Å². The van der Waals surface area contributed by atoms with E-state index in [0.717, 1.165) is 22.4 Å². The third-order valence-electron chi connectivity index (χ3n) is 4.15. The molecule has 0 aliphatic heterocycles. The summed E-state index contributed by atoms with van der Waals surface area (Å²) in [5.41, 5.74) is 4.64. The lowest BCUT2D eigenvalue weighted by molar-refractivity contribution is 0.653. The molecule has 0 fully saturated rings. The van der Waals surface area contributed by atoms with Crippen molar-refractivity contribution in [2.75, 3.05) is 0 Å². The molecule has 0 amide bonds. The summed E-state index contributed by atoms with van der Waals surface area (Å²) in [6, 6.07) is 17.5. The summed E-state index contributed by atoms with van der Waals surface area (Å²) in [6.07, 6.45) is 3.68. The third-order valence-corrected chi connectivity index (χ3v) is 4.15. The van der Waals surface area contributed by atoms with E-state index in [1.807, 2.05) is 54.2 Å². The SMILES string of the molecule is Cc1ccccc1-n1cc(-c2nnnn2Cc2ccc(C#N)cc2)cn1. The van der Waals surface area contributed by atoms with Crippen molar-refractivity contribution in [2.45, 2.75) is 13.5 Å². The molecule has 0 atom stereocenters. The predicted octanol–water partition coefficient (Wildman–Crippen LogP) is 2.75. The van der Waals surface area contributed by atoms with E-state index in [4.69, 9.17) is 5.26 Å². The molecule has 0 spiro atoms. The van der Waals surface area contributed by atoms with Crippen LogP contribution < -0.4 is 0 Å². The van der Waals surface area contributed by atoms with Gasteiger partial charge in [-0.1, -0.05) is 30.3 Å². The Labute approximate surface area is 150 Å². The highest BCUT2D eigenvalue weighted by molar-refractivity contribution is 5.54. The predicted molar refractivity (Wildman–Crippen MR) is 95.4 cm³/mol. The maximum Gasteiger partial charge on any atom is 0.185 e. The van der Waals surface area contributed by atoms with Crippen LogP contribution in [0.5, 0.6) is 0 Å². The van der Waals surface area contributed by atoms with Gasteiger partial charge in [0.15, 0.2) is 5.82 Å². The second-order valence-corrected chi connectivity index (χ2v) is 5.93. The minimum absolute atomic E-state index is 0.517. The van der Waals surface area contributed by atoms with E-state index >= 15 is 0 Å². The standard InChI is InChI=1S/C19H15N7/c1-14-4-2-3-5-18(14)25-13-17(11-21-25)19-22-23-24-26(19)12-16-8-6-15(10-20)7-9-16/h2-9,11,13H,12H2,1H3. The molecule has 2 heterocycles. The Balaban J connectivity index is 1.63. The lowest BCUT2D eigenvalue weighted by Gasteiger charge is -2.05. The van der Waals surface area contributed by atoms with Crippen LogP contribution in [0.4, 0.5) is 0 Å². The van der Waals surface area contributed by atoms with E-state index in [9.17, 15) is 0 Å². The molecular weight excluding hydrogens is 326 g/mol. The molecule has 0 unspecified atom stereocenters. The van der Waals surface area contributed by atoms with Gasteiger partial charge in [0.05, 0.1) is 35.6 Å². The molecule has 7 nitrogen and oxygen atoms in total. The monoisotopic (exact) mass is 341 g/mol. The first-order chi connectivity index (χ1) is 12.7. The molecule has 0 N–H and O–H groups in total. The number of hydrogen-bond acceptors (Lipinski definition) is 5. The fourth-order valence-electron chi connectivity index (χ4n) is 2.77. The molecule has 2 aromatic carbocycles. The smallest absolute Gasteiger partial charge is 0.185 e. The molecule has 0 saturated heterocycles. The number of para-hydroxylation sites is 1. The Morgan fingerprint density at radius 1 is 1.08 bits per heavy atom. The number of tetrazole rings is 1. The molecule has 0 bridgehead atoms. The Bertz CT molecular complexity index is 1080. The molecule has 4 aromatic rings. The van der Waals surface area contributed by atoms with Crippen LogP contribution in [-0.4, -0.2) is 30.0 Å². The van der Waals surface area contributed by atoms with Crippen molar-refractivity contribution >= 4 is 0 Å². The van der Waals surface area contributed by atoms with Gasteiger partial charge in [-0.15, -0.1) is 5.10 Å². The molecule has 4 rings (SSSR count). The summed E-state index contributed by atoms with van der Waals surface area (Å²) in [7, 11) is 0. The van der Waals surface area contributed by atoms with Gasteiger partial charge < -0.3 is 0 Å². The van der Waals surface area contributed by atoms with Crippen LogP contribution >= 0.6 is 0 Å². The fraction of sp³-hybridized carbons (Fsp3) is 0.105. The molecule has 0 saturated carbocycles. The first kappa shape index (κ1) is 15.7. The summed E-state index contributed by atoms with van der Waals surface area (Å²) >= 11 is 0. The van der Waals surface area contributed by atoms with Crippen LogP contribution in [0.3, 0.4) is 0 Å². The highest BCUT2D eigenvalue weighted by Gasteiger charge is 2.13. The minimum atomic E-state index is 0.517. The highest BCUT2D eigenvalue weighted by atomic mass is 15.5. The number of aryl methyl sites for hydroxylation is 1. The fourth-order valence-corrected chi connectivity index (χ4v) is 2.77. The Morgan fingerprint density at radius 3 is 2.65 bits per heavy atom. The molecule has 0 aliphatic carbocycles. The van der Waals surface area contributed by atoms with Crippen molar-refractivity contribution in [3.8, 4) is 23.1 Å². The number of rotatable bonds is 4. The number of benzene rings is 2. The zero-order chi connectivity index (χ0) is 17.9. The molecule has 0 radical (unpaired) electrons. The number of hydrogen-bond donors (Lipinski definition) is 0. The van der Waals surface area contributed by atoms with Crippen molar-refractivity contribution < 1.29 is 0 Å². The first-order valence-electron chi connectivity index (χ1n) is 8.11. The molecule has 26 heavy (non-hydrogen) atoms. The summed E-state index contributed by atoms with van der Waals surface area (Å²) in [5, 5.41) is 25.4. The van der Waals surface area contributed by atoms with Gasteiger partial charge in [0.2, 0.25) is 0 Å². The van der Waals surface area contributed by atoms with Crippen molar-refractivity contribution in [3.63, 3.8) is 0 Å². The van der Waals surface area contributed by atoms with Gasteiger partial charge in [-0.05, 0) is 46.7 Å². The van der Waals surface area contributed by atoms with Gasteiger partial charge in [0.25, 0.3) is 0 Å². The zero-order valence-electron chi connectivity index (χ0n) is 14.1. The average molecular weight is 341 g/mol. The van der Waals surface area contributed by atoms with Crippen LogP contribution in [0, 0.1) is 18.3 Å². The van der Waals surface area contributed by atoms with Gasteiger partial charge in [0.1, 0.15) is 0 Å². The first-order valence-corrected chi connectivity index (χ1v) is 8.11. The third kappa shape index (κ3) is 2.96. The largest absolute Gasteiger partial charge is 0.240 e. The van der Waals surface area contributed by atoms with Gasteiger partial charge in [0, 0.05) is 6.20 Å². The Kier molecular flexibility index (Phi) is 4.00. The minimum Gasteiger partial charge on any atom is -0.240 e. The summed E-state index contributed by atoms with van der Waals surface area (Å²) < 4.78 is 3.55. The van der Waals surface area contributed by atoms with Crippen molar-refractivity contribution in [3.05, 3.63) is 77.6 Å². The van der Waals surface area contributed by atoms with E-state index in [2.05, 4.69) is 26.7 Å². The maximum absolute atomic E-state index is 8.90. The van der Waals surface area contributed by atoms with Gasteiger partial charge in [-0.3, -0.25) is 0 Å². The summed E-state index contributed by atoms with van der Waals surface area (Å²) in [4.78, 5) is 0. The lowest BCUT2D eigenvalue weighted by atomic mass is 10.1. The lowest BCUT2D eigenvalue weighted by Crippen LogP contribution is -2.04. The van der Waals surface area contributed by atoms with Crippen molar-refractivity contribution in [2.24, 2.45) is 0 Å². The normalized spacial score (nSPS) is 10.6. The van der Waals surface area contributed by atoms with E-state index in [0.29, 0.717) is 17.9 Å². The quantitative estimate of drug-likeness (QED) is 0.570. The van der Waals surface area contributed by atoms with Gasteiger partial charge in [-0.2, -0.15) is 10.4 Å². The second kappa shape index (κ2) is 6.61. The molecule has 0 aliphatic rings. The molecule has 126 valence electrons. The zero-order valence-corrected chi connectivity index (χ0v) is 14.1. The molecule has 7 heteroatoms. The Morgan fingerprint density at radius 2 is 1.88 bits per heavy atom. The van der Waals surface area contributed by atoms with Crippen LogP contribution in [0.2, 0.25) is 0 Å². The summed E-state index contributed by atoms with van der Waals surface area (Å²) in [6.45, 7) is 2.56. The van der Waals surface area contributed by atoms with Crippen molar-refractivity contribution in [1.82, 2.24) is 30.0 Å². The maximum atomic E-state index is 8.90. The molecule has 2 aromatic heterocycles. The average Bonchev–Trinajstić information content (AvgIpc) is 3.32. The van der Waals surface area contributed by atoms with E-state index in [-0.39, 0.29) is 0 Å². The van der Waals surface area contributed by atoms with E-state index < -0.39 is 0 Å². The van der Waals surface area contributed by atoms with Crippen LogP contribution in [0.15, 0.2) is 60.9 Å². The highest BCUT2D eigenvalue weighted by Crippen LogP contribution is 2.19. The molecular formula is C19H15N7. The topological polar surface area (TPSA) is 85.2 Å². The Hall–Kier alpha value is -3.79. The van der Waals surface area contributed by atoms with Crippen LogP contribution in [0.1, 0.15) is 16.7 Å². The van der Waals surface area contributed by atoms with Gasteiger partial charge in [-0.25, -0.2) is 9.36 Å². The van der Waals surface area contributed by atoms with E-state index in [1.54, 1.807) is 23.0 Å². The number of aromatic nitrogens is 6. The number of nitrogens with zero attached hydrogens (tertiary/aromatic N) is 7. The second-order valence-electron chi connectivity index (χ2n) is 5.93. The van der Waals surface area contributed by atoms with Crippen LogP contribution in [0.25, 0.3) is 17.1 Å².